The van der Waals surface area contributed by atoms with E-state index in [1.807, 2.05) is 11.4 Å². The summed E-state index contributed by atoms with van der Waals surface area (Å²) >= 11 is 7.66. The van der Waals surface area contributed by atoms with E-state index in [-0.39, 0.29) is 0 Å². The molecule has 0 aliphatic rings. The van der Waals surface area contributed by atoms with Gasteiger partial charge in [-0.1, -0.05) is 25.4 Å². The second-order valence-electron chi connectivity index (χ2n) is 4.66. The van der Waals surface area contributed by atoms with Crippen LogP contribution in [0.25, 0.3) is 10.2 Å². The largest absolute Gasteiger partial charge is 0.373 e. The number of fused-ring (bicyclic) bond motifs is 1. The van der Waals surface area contributed by atoms with Gasteiger partial charge in [-0.25, -0.2) is 9.97 Å². The first-order chi connectivity index (χ1) is 8.66. The zero-order valence-electron chi connectivity index (χ0n) is 10.6. The Kier molecular flexibility index (Phi) is 4.92. The molecule has 0 aliphatic heterocycles. The molecule has 0 saturated heterocycles. The molecular formula is C13H17ClN2OS. The average molecular weight is 285 g/mol. The fourth-order valence-electron chi connectivity index (χ4n) is 1.68. The predicted molar refractivity (Wildman–Crippen MR) is 76.2 cm³/mol. The lowest BCUT2D eigenvalue weighted by atomic mass is 10.1. The molecule has 2 aromatic rings. The molecule has 0 aliphatic carbocycles. The molecule has 3 nitrogen and oxygen atoms in total. The Morgan fingerprint density at radius 2 is 2.22 bits per heavy atom. The number of rotatable bonds is 6. The number of aromatic nitrogens is 2. The van der Waals surface area contributed by atoms with Crippen LogP contribution in [0.1, 0.15) is 32.5 Å². The zero-order valence-corrected chi connectivity index (χ0v) is 12.2. The molecular weight excluding hydrogens is 268 g/mol. The summed E-state index contributed by atoms with van der Waals surface area (Å²) in [6, 6.07) is 1.94. The summed E-state index contributed by atoms with van der Waals surface area (Å²) in [6.45, 7) is 5.62. The van der Waals surface area contributed by atoms with Crippen LogP contribution in [0.3, 0.4) is 0 Å². The minimum atomic E-state index is 0.436. The van der Waals surface area contributed by atoms with Crippen LogP contribution in [0.4, 0.5) is 0 Å². The molecule has 0 radical (unpaired) electrons. The summed E-state index contributed by atoms with van der Waals surface area (Å²) in [7, 11) is 0. The van der Waals surface area contributed by atoms with Crippen molar-refractivity contribution in [1.82, 2.24) is 9.97 Å². The van der Waals surface area contributed by atoms with Crippen molar-refractivity contribution in [1.29, 1.82) is 0 Å². The number of halogens is 1. The third-order valence-electron chi connectivity index (χ3n) is 2.63. The molecule has 2 rings (SSSR count). The van der Waals surface area contributed by atoms with E-state index in [4.69, 9.17) is 16.3 Å². The summed E-state index contributed by atoms with van der Waals surface area (Å²) in [5, 5.41) is 3.41. The molecule has 98 valence electrons. The van der Waals surface area contributed by atoms with Crippen LogP contribution in [-0.4, -0.2) is 16.6 Å². The Labute approximate surface area is 116 Å². The SMILES string of the molecule is CC(C)CCCOCc1nc(Cl)c2ccsc2n1. The molecule has 0 aromatic carbocycles. The molecule has 0 atom stereocenters. The third-order valence-corrected chi connectivity index (χ3v) is 3.72. The lowest BCUT2D eigenvalue weighted by Gasteiger charge is -2.06. The molecule has 2 aromatic heterocycles. The van der Waals surface area contributed by atoms with E-state index in [0.717, 1.165) is 29.2 Å². The number of hydrogen-bond acceptors (Lipinski definition) is 4. The van der Waals surface area contributed by atoms with Gasteiger partial charge < -0.3 is 4.74 Å². The first kappa shape index (κ1) is 13.7. The summed E-state index contributed by atoms with van der Waals surface area (Å²) in [6.07, 6.45) is 2.26. The highest BCUT2D eigenvalue weighted by atomic mass is 35.5. The van der Waals surface area contributed by atoms with Crippen LogP contribution in [0, 0.1) is 5.92 Å². The fourth-order valence-corrected chi connectivity index (χ4v) is 2.77. The Hall–Kier alpha value is -0.710. The summed E-state index contributed by atoms with van der Waals surface area (Å²) in [5.41, 5.74) is 0. The van der Waals surface area contributed by atoms with Gasteiger partial charge in [0.1, 0.15) is 16.6 Å². The maximum Gasteiger partial charge on any atom is 0.157 e. The predicted octanol–water partition coefficient (Wildman–Crippen LogP) is 4.30. The van der Waals surface area contributed by atoms with Gasteiger partial charge in [-0.3, -0.25) is 0 Å². The molecule has 0 bridgehead atoms. The molecule has 2 heterocycles. The van der Waals surface area contributed by atoms with Gasteiger partial charge in [0.05, 0.1) is 0 Å². The lowest BCUT2D eigenvalue weighted by molar-refractivity contribution is 0.110. The van der Waals surface area contributed by atoms with Gasteiger partial charge in [0.2, 0.25) is 0 Å². The molecule has 18 heavy (non-hydrogen) atoms. The van der Waals surface area contributed by atoms with Crippen molar-refractivity contribution < 1.29 is 4.74 Å². The van der Waals surface area contributed by atoms with E-state index in [1.54, 1.807) is 11.3 Å². The van der Waals surface area contributed by atoms with Crippen molar-refractivity contribution in [2.24, 2.45) is 5.92 Å². The zero-order chi connectivity index (χ0) is 13.0. The van der Waals surface area contributed by atoms with Crippen LogP contribution in [0.2, 0.25) is 5.15 Å². The molecule has 0 amide bonds. The summed E-state index contributed by atoms with van der Waals surface area (Å²) < 4.78 is 5.57. The van der Waals surface area contributed by atoms with E-state index >= 15 is 0 Å². The van der Waals surface area contributed by atoms with Gasteiger partial charge in [0.25, 0.3) is 0 Å². The topological polar surface area (TPSA) is 35.0 Å². The van der Waals surface area contributed by atoms with E-state index in [9.17, 15) is 0 Å². The van der Waals surface area contributed by atoms with Crippen LogP contribution in [0.15, 0.2) is 11.4 Å². The van der Waals surface area contributed by atoms with Crippen molar-refractivity contribution in [2.45, 2.75) is 33.3 Å². The first-order valence-corrected chi connectivity index (χ1v) is 7.40. The number of thiophene rings is 1. The number of ether oxygens (including phenoxy) is 1. The standard InChI is InChI=1S/C13H17ClN2OS/c1-9(2)4-3-6-17-8-11-15-12(14)10-5-7-18-13(10)16-11/h5,7,9H,3-4,6,8H2,1-2H3. The quantitative estimate of drug-likeness (QED) is 0.586. The molecule has 5 heteroatoms. The average Bonchev–Trinajstić information content (AvgIpc) is 2.77. The third kappa shape index (κ3) is 3.64. The maximum atomic E-state index is 6.09. The number of hydrogen-bond donors (Lipinski definition) is 0. The van der Waals surface area contributed by atoms with E-state index in [1.165, 1.54) is 6.42 Å². The highest BCUT2D eigenvalue weighted by Gasteiger charge is 2.07. The van der Waals surface area contributed by atoms with Crippen molar-refractivity contribution in [3.8, 4) is 0 Å². The molecule has 0 N–H and O–H groups in total. The molecule has 0 spiro atoms. The molecule has 0 saturated carbocycles. The second kappa shape index (κ2) is 6.45. The van der Waals surface area contributed by atoms with Crippen LogP contribution >= 0.6 is 22.9 Å². The second-order valence-corrected chi connectivity index (χ2v) is 5.91. The summed E-state index contributed by atoms with van der Waals surface area (Å²) in [4.78, 5) is 9.60. The Morgan fingerprint density at radius 3 is 3.00 bits per heavy atom. The highest BCUT2D eigenvalue weighted by Crippen LogP contribution is 2.24. The van der Waals surface area contributed by atoms with Crippen LogP contribution in [-0.2, 0) is 11.3 Å². The monoisotopic (exact) mass is 284 g/mol. The Bertz CT molecular complexity index is 513. The Morgan fingerprint density at radius 1 is 1.39 bits per heavy atom. The first-order valence-electron chi connectivity index (χ1n) is 6.14. The number of nitrogens with zero attached hydrogens (tertiary/aromatic N) is 2. The van der Waals surface area contributed by atoms with Crippen LogP contribution in [0.5, 0.6) is 0 Å². The minimum absolute atomic E-state index is 0.436. The van der Waals surface area contributed by atoms with Gasteiger partial charge in [-0.15, -0.1) is 11.3 Å². The van der Waals surface area contributed by atoms with E-state index < -0.39 is 0 Å². The highest BCUT2D eigenvalue weighted by molar-refractivity contribution is 7.16. The normalized spacial score (nSPS) is 11.6. The summed E-state index contributed by atoms with van der Waals surface area (Å²) in [5.74, 6) is 1.39. The van der Waals surface area contributed by atoms with Crippen molar-refractivity contribution in [3.05, 3.63) is 22.4 Å². The minimum Gasteiger partial charge on any atom is -0.373 e. The van der Waals surface area contributed by atoms with Gasteiger partial charge in [-0.2, -0.15) is 0 Å². The smallest absolute Gasteiger partial charge is 0.157 e. The van der Waals surface area contributed by atoms with Gasteiger partial charge in [0.15, 0.2) is 5.82 Å². The van der Waals surface area contributed by atoms with Crippen molar-refractivity contribution in [2.75, 3.05) is 6.61 Å². The maximum absolute atomic E-state index is 6.09. The molecule has 0 unspecified atom stereocenters. The van der Waals surface area contributed by atoms with Crippen molar-refractivity contribution >= 4 is 33.2 Å². The van der Waals surface area contributed by atoms with Gasteiger partial charge in [0, 0.05) is 12.0 Å². The van der Waals surface area contributed by atoms with Crippen molar-refractivity contribution in [3.63, 3.8) is 0 Å². The van der Waals surface area contributed by atoms with Gasteiger partial charge in [-0.05, 0) is 30.2 Å². The Balaban J connectivity index is 1.88. The van der Waals surface area contributed by atoms with Gasteiger partial charge >= 0.3 is 0 Å². The fraction of sp³-hybridized carbons (Fsp3) is 0.538. The lowest BCUT2D eigenvalue weighted by Crippen LogP contribution is -2.01. The van der Waals surface area contributed by atoms with E-state index in [2.05, 4.69) is 23.8 Å². The van der Waals surface area contributed by atoms with Crippen LogP contribution < -0.4 is 0 Å². The molecule has 0 fully saturated rings. The van der Waals surface area contributed by atoms with E-state index in [0.29, 0.717) is 17.6 Å².